The Morgan fingerprint density at radius 1 is 1.10 bits per heavy atom. The first-order valence-electron chi connectivity index (χ1n) is 17.3. The fourth-order valence-electron chi connectivity index (χ4n) is 5.14. The number of carbonyl (C=O) groups excluding carboxylic acids is 1. The molecule has 1 fully saturated rings. The zero-order chi connectivity index (χ0) is 35.3. The molecule has 1 aliphatic carbocycles. The van der Waals surface area contributed by atoms with Crippen LogP contribution in [-0.2, 0) is 29.1 Å². The molecule has 1 aliphatic heterocycles. The number of ether oxygens (including phenoxy) is 4. The Bertz CT molecular complexity index is 1480. The van der Waals surface area contributed by atoms with Crippen molar-refractivity contribution in [1.82, 2.24) is 9.88 Å². The van der Waals surface area contributed by atoms with Crippen LogP contribution in [0.3, 0.4) is 0 Å². The van der Waals surface area contributed by atoms with Gasteiger partial charge in [0.2, 0.25) is 0 Å². The van der Waals surface area contributed by atoms with Gasteiger partial charge >= 0.3 is 6.09 Å². The molecule has 0 saturated heterocycles. The quantitative estimate of drug-likeness (QED) is 0.142. The van der Waals surface area contributed by atoms with Crippen LogP contribution in [0.2, 0.25) is 0 Å². The summed E-state index contributed by atoms with van der Waals surface area (Å²) in [5.41, 5.74) is 6.20. The van der Waals surface area contributed by atoms with E-state index in [9.17, 15) is 4.79 Å². The molecule has 2 aliphatic rings. The van der Waals surface area contributed by atoms with E-state index >= 15 is 0 Å². The lowest BCUT2D eigenvalue weighted by molar-refractivity contribution is 0.0975. The molecular formula is C39H56N3O5P. The molecule has 2 heterocycles. The maximum absolute atomic E-state index is 12.1. The first kappa shape index (κ1) is 39.0. The van der Waals surface area contributed by atoms with Gasteiger partial charge in [0, 0.05) is 17.7 Å². The number of fused-ring (bicyclic) bond motifs is 1. The topological polar surface area (TPSA) is 82.2 Å². The highest BCUT2D eigenvalue weighted by atomic mass is 31.0. The summed E-state index contributed by atoms with van der Waals surface area (Å²) in [6.45, 7) is 15.8. The van der Waals surface area contributed by atoms with Crippen molar-refractivity contribution in [3.05, 3.63) is 70.8 Å². The van der Waals surface area contributed by atoms with Crippen molar-refractivity contribution < 1.29 is 23.7 Å². The predicted octanol–water partition coefficient (Wildman–Crippen LogP) is 9.84. The van der Waals surface area contributed by atoms with Gasteiger partial charge in [-0.1, -0.05) is 73.2 Å². The Hall–Kier alpha value is -3.45. The van der Waals surface area contributed by atoms with Gasteiger partial charge in [-0.2, -0.15) is 0 Å². The Kier molecular flexibility index (Phi) is 15.4. The smallest absolute Gasteiger partial charge is 0.413 e. The van der Waals surface area contributed by atoms with Crippen molar-refractivity contribution in [3.8, 4) is 22.8 Å². The van der Waals surface area contributed by atoms with E-state index < -0.39 is 6.09 Å². The van der Waals surface area contributed by atoms with Gasteiger partial charge in [-0.3, -0.25) is 10.2 Å². The van der Waals surface area contributed by atoms with E-state index in [1.807, 2.05) is 91.1 Å². The average molecular weight is 678 g/mol. The van der Waals surface area contributed by atoms with E-state index in [-0.39, 0.29) is 12.2 Å². The SMILES string of the molecule is CC.CCC1CC1.COc1ccc(COc2cccc(C)c2-c2cc(CCCCN(C)C(=P)OC(C)(C)C)c3c(n2)NC(=O)OC3)cc1. The number of hydrogen-bond donors (Lipinski definition) is 1. The number of aryl methyl sites for hydroxylation is 2. The molecule has 0 spiro atoms. The van der Waals surface area contributed by atoms with E-state index in [4.69, 9.17) is 23.9 Å². The van der Waals surface area contributed by atoms with E-state index in [1.165, 1.54) is 19.3 Å². The van der Waals surface area contributed by atoms with Crippen LogP contribution in [0.15, 0.2) is 48.5 Å². The summed E-state index contributed by atoms with van der Waals surface area (Å²) in [7, 11) is 7.27. The third-order valence-corrected chi connectivity index (χ3v) is 8.53. The lowest BCUT2D eigenvalue weighted by Crippen LogP contribution is -2.34. The largest absolute Gasteiger partial charge is 0.497 e. The number of methoxy groups -OCH3 is 1. The van der Waals surface area contributed by atoms with Crippen LogP contribution in [-0.4, -0.2) is 47.9 Å². The van der Waals surface area contributed by atoms with Crippen molar-refractivity contribution >= 4 is 26.4 Å². The number of amides is 1. The first-order chi connectivity index (χ1) is 23.0. The number of anilines is 1. The van der Waals surface area contributed by atoms with Gasteiger partial charge < -0.3 is 18.9 Å². The highest BCUT2D eigenvalue weighted by molar-refractivity contribution is 7.20. The molecule has 0 unspecified atom stereocenters. The number of nitrogens with one attached hydrogen (secondary N) is 1. The summed E-state index contributed by atoms with van der Waals surface area (Å²) < 4.78 is 22.8. The molecule has 262 valence electrons. The third kappa shape index (κ3) is 12.2. The summed E-state index contributed by atoms with van der Waals surface area (Å²) in [5.74, 6) is 3.22. The molecule has 1 saturated carbocycles. The van der Waals surface area contributed by atoms with Gasteiger partial charge in [0.15, 0.2) is 0 Å². The number of carbonyl (C=O) groups is 1. The lowest BCUT2D eigenvalue weighted by atomic mass is 9.97. The molecule has 0 bridgehead atoms. The van der Waals surface area contributed by atoms with Gasteiger partial charge in [-0.25, -0.2) is 9.78 Å². The second-order valence-corrected chi connectivity index (χ2v) is 13.5. The van der Waals surface area contributed by atoms with Crippen LogP contribution >= 0.6 is 8.86 Å². The standard InChI is InChI=1S/C32H40N3O5P.C5H10.C2H6/c1-21-10-9-12-27(38-19-22-13-15-24(37-6)16-14-22)28(21)26-18-23(25-20-39-30(36)34-29(25)33-26)11-7-8-17-35(5)31(41)40-32(2,3)4;1-2-5-3-4-5;1-2/h9-10,12-16,18,41H,7-8,11,17,19-20H2,1-6H3,(H,33,34,36);5H,2-4H2,1H3;1-2H3. The van der Waals surface area contributed by atoms with E-state index in [1.54, 1.807) is 7.11 Å². The molecule has 3 aromatic rings. The maximum Gasteiger partial charge on any atom is 0.413 e. The summed E-state index contributed by atoms with van der Waals surface area (Å²) in [6.07, 6.45) is 6.66. The summed E-state index contributed by atoms with van der Waals surface area (Å²) in [4.78, 5) is 19.0. The Balaban J connectivity index is 0.000000803. The second-order valence-electron chi connectivity index (χ2n) is 13.0. The van der Waals surface area contributed by atoms with Crippen LogP contribution in [0.1, 0.15) is 95.9 Å². The number of hydrogen-bond acceptors (Lipinski definition) is 6. The highest BCUT2D eigenvalue weighted by Crippen LogP contribution is 2.37. The Labute approximate surface area is 290 Å². The minimum atomic E-state index is -0.491. The number of aromatic nitrogens is 1. The molecule has 1 amide bonds. The van der Waals surface area contributed by atoms with Gasteiger partial charge in [-0.15, -0.1) is 0 Å². The van der Waals surface area contributed by atoms with Gasteiger partial charge in [0.25, 0.3) is 0 Å². The van der Waals surface area contributed by atoms with Crippen LogP contribution in [0.25, 0.3) is 11.3 Å². The third-order valence-electron chi connectivity index (χ3n) is 8.04. The summed E-state index contributed by atoms with van der Waals surface area (Å²) in [5, 5.41) is 2.80. The Morgan fingerprint density at radius 2 is 1.81 bits per heavy atom. The minimum absolute atomic E-state index is 0.205. The number of nitrogens with zero attached hydrogens (tertiary/aromatic N) is 2. The molecule has 2 aromatic carbocycles. The molecule has 0 atom stereocenters. The van der Waals surface area contributed by atoms with Crippen molar-refractivity contribution in [2.45, 2.75) is 106 Å². The van der Waals surface area contributed by atoms with E-state index in [0.29, 0.717) is 12.4 Å². The van der Waals surface area contributed by atoms with Gasteiger partial charge in [0.05, 0.1) is 18.4 Å². The predicted molar refractivity (Wildman–Crippen MR) is 200 cm³/mol. The molecule has 0 radical (unpaired) electrons. The normalized spacial score (nSPS) is 13.6. The zero-order valence-electron chi connectivity index (χ0n) is 30.5. The Morgan fingerprint density at radius 3 is 2.42 bits per heavy atom. The molecule has 1 N–H and O–H groups in total. The fourth-order valence-corrected chi connectivity index (χ4v) is 5.56. The molecule has 1 aromatic heterocycles. The summed E-state index contributed by atoms with van der Waals surface area (Å²) >= 11 is 0. The van der Waals surface area contributed by atoms with Crippen LogP contribution < -0.4 is 14.8 Å². The van der Waals surface area contributed by atoms with Crippen LogP contribution in [0, 0.1) is 12.8 Å². The lowest BCUT2D eigenvalue weighted by Gasteiger charge is -2.26. The number of pyridine rings is 1. The summed E-state index contributed by atoms with van der Waals surface area (Å²) in [6, 6.07) is 15.9. The molecular weight excluding hydrogens is 621 g/mol. The van der Waals surface area contributed by atoms with Crippen molar-refractivity contribution in [2.24, 2.45) is 5.92 Å². The van der Waals surface area contributed by atoms with Gasteiger partial charge in [-0.05, 0) is 101 Å². The molecule has 48 heavy (non-hydrogen) atoms. The fraction of sp³-hybridized carbons (Fsp3) is 0.513. The number of unbranched alkanes of at least 4 members (excludes halogenated alkanes) is 1. The number of benzene rings is 2. The molecule has 8 nitrogen and oxygen atoms in total. The van der Waals surface area contributed by atoms with Gasteiger partial charge in [0.1, 0.15) is 36.1 Å². The molecule has 5 rings (SSSR count). The number of rotatable bonds is 13. The van der Waals surface area contributed by atoms with Crippen LogP contribution in [0.4, 0.5) is 10.6 Å². The molecule has 9 heteroatoms. The van der Waals surface area contributed by atoms with Crippen LogP contribution in [0.5, 0.6) is 11.5 Å². The second kappa shape index (κ2) is 18.9. The number of cyclic esters (lactones) is 1. The average Bonchev–Trinajstić information content (AvgIpc) is 3.91. The monoisotopic (exact) mass is 677 g/mol. The van der Waals surface area contributed by atoms with Crippen molar-refractivity contribution in [2.75, 3.05) is 26.0 Å². The minimum Gasteiger partial charge on any atom is -0.497 e. The highest BCUT2D eigenvalue weighted by Gasteiger charge is 2.24. The zero-order valence-corrected chi connectivity index (χ0v) is 31.5. The maximum atomic E-state index is 12.1. The first-order valence-corrected chi connectivity index (χ1v) is 17.8. The van der Waals surface area contributed by atoms with Crippen molar-refractivity contribution in [3.63, 3.8) is 0 Å². The van der Waals surface area contributed by atoms with Crippen molar-refractivity contribution in [1.29, 1.82) is 0 Å². The van der Waals surface area contributed by atoms with E-state index in [2.05, 4.69) is 32.1 Å². The van der Waals surface area contributed by atoms with E-state index in [0.717, 1.165) is 82.3 Å².